The zero-order valence-corrected chi connectivity index (χ0v) is 20.7. The van der Waals surface area contributed by atoms with E-state index in [-0.39, 0.29) is 27.9 Å². The monoisotopic (exact) mass is 512 g/mol. The summed E-state index contributed by atoms with van der Waals surface area (Å²) in [5, 5.41) is 15.4. The first-order valence-corrected chi connectivity index (χ1v) is 12.0. The number of rotatable bonds is 10. The van der Waals surface area contributed by atoms with Gasteiger partial charge in [-0.15, -0.1) is 0 Å². The molecule has 0 aromatic heterocycles. The van der Waals surface area contributed by atoms with E-state index in [2.05, 4.69) is 17.6 Å². The molecule has 0 saturated heterocycles. The van der Waals surface area contributed by atoms with Crippen molar-refractivity contribution >= 4 is 41.0 Å². The molecule has 3 aromatic carbocycles. The number of amides is 2. The summed E-state index contributed by atoms with van der Waals surface area (Å²) in [6.07, 6.45) is 1.96. The highest BCUT2D eigenvalue weighted by atomic mass is 35.5. The van der Waals surface area contributed by atoms with Crippen molar-refractivity contribution < 1.29 is 19.5 Å². The maximum Gasteiger partial charge on any atom is 0.326 e. The van der Waals surface area contributed by atoms with E-state index in [1.54, 1.807) is 24.3 Å². The minimum atomic E-state index is -1.18. The summed E-state index contributed by atoms with van der Waals surface area (Å²) in [7, 11) is 0. The molecule has 3 aromatic rings. The van der Waals surface area contributed by atoms with Crippen molar-refractivity contribution in [1.82, 2.24) is 10.6 Å². The van der Waals surface area contributed by atoms with Gasteiger partial charge < -0.3 is 15.7 Å². The van der Waals surface area contributed by atoms with Crippen molar-refractivity contribution in [2.45, 2.75) is 32.2 Å². The van der Waals surface area contributed by atoms with E-state index in [0.717, 1.165) is 24.0 Å². The summed E-state index contributed by atoms with van der Waals surface area (Å²) >= 11 is 12.1. The van der Waals surface area contributed by atoms with Gasteiger partial charge in [-0.1, -0.05) is 85.1 Å². The van der Waals surface area contributed by atoms with Gasteiger partial charge in [-0.25, -0.2) is 4.79 Å². The molecule has 0 unspecified atom stereocenters. The Bertz CT molecular complexity index is 1190. The average Bonchev–Trinajstić information content (AvgIpc) is 2.84. The molecule has 0 radical (unpaired) electrons. The number of hydrogen-bond acceptors (Lipinski definition) is 3. The smallest absolute Gasteiger partial charge is 0.326 e. The Labute approximate surface area is 214 Å². The zero-order chi connectivity index (χ0) is 25.4. The lowest BCUT2D eigenvalue weighted by molar-refractivity contribution is -0.139. The van der Waals surface area contributed by atoms with E-state index < -0.39 is 17.9 Å². The van der Waals surface area contributed by atoms with Gasteiger partial charge >= 0.3 is 5.97 Å². The van der Waals surface area contributed by atoms with Crippen molar-refractivity contribution in [3.63, 3.8) is 0 Å². The Morgan fingerprint density at radius 3 is 2.17 bits per heavy atom. The van der Waals surface area contributed by atoms with Crippen LogP contribution >= 0.6 is 23.2 Å². The normalized spacial score (nSPS) is 11.5. The molecule has 0 aliphatic rings. The van der Waals surface area contributed by atoms with Crippen LogP contribution in [0.1, 0.15) is 46.0 Å². The van der Waals surface area contributed by atoms with Crippen LogP contribution in [-0.4, -0.2) is 35.5 Å². The molecule has 3 N–H and O–H groups in total. The maximum atomic E-state index is 12.6. The lowest BCUT2D eigenvalue weighted by Gasteiger charge is -2.16. The summed E-state index contributed by atoms with van der Waals surface area (Å²) in [5.74, 6) is -1.97. The minimum absolute atomic E-state index is 0.0336. The highest BCUT2D eigenvalue weighted by molar-refractivity contribution is 6.39. The highest BCUT2D eigenvalue weighted by Crippen LogP contribution is 2.26. The van der Waals surface area contributed by atoms with Crippen molar-refractivity contribution in [2.75, 3.05) is 6.54 Å². The summed E-state index contributed by atoms with van der Waals surface area (Å²) < 4.78 is 0. The summed E-state index contributed by atoms with van der Waals surface area (Å²) in [4.78, 5) is 37.1. The molecule has 1 atom stereocenters. The van der Waals surface area contributed by atoms with E-state index in [0.29, 0.717) is 17.7 Å². The minimum Gasteiger partial charge on any atom is -0.480 e. The van der Waals surface area contributed by atoms with Crippen LogP contribution < -0.4 is 10.6 Å². The Balaban J connectivity index is 1.75. The quantitative estimate of drug-likeness (QED) is 0.307. The number of halogens is 2. The third-order valence-electron chi connectivity index (χ3n) is 5.49. The Hall–Kier alpha value is -3.35. The molecule has 0 fully saturated rings. The number of carboxylic acids is 1. The van der Waals surface area contributed by atoms with Gasteiger partial charge in [0.25, 0.3) is 11.8 Å². The van der Waals surface area contributed by atoms with Crippen molar-refractivity contribution in [2.24, 2.45) is 0 Å². The van der Waals surface area contributed by atoms with Crippen LogP contribution in [0.15, 0.2) is 66.7 Å². The number of nitrogens with one attached hydrogen (secondary N) is 2. The molecule has 6 nitrogen and oxygen atoms in total. The number of unbranched alkanes of at least 4 members (excludes halogenated alkanes) is 1. The fourth-order valence-electron chi connectivity index (χ4n) is 3.61. The molecule has 0 heterocycles. The van der Waals surface area contributed by atoms with Crippen LogP contribution in [-0.2, 0) is 11.2 Å². The predicted octanol–water partition coefficient (Wildman–Crippen LogP) is 5.62. The van der Waals surface area contributed by atoms with E-state index in [9.17, 15) is 19.5 Å². The van der Waals surface area contributed by atoms with E-state index in [1.807, 2.05) is 30.3 Å². The second-order valence-corrected chi connectivity index (χ2v) is 8.83. The van der Waals surface area contributed by atoms with E-state index in [4.69, 9.17) is 23.2 Å². The molecule has 3 rings (SSSR count). The van der Waals surface area contributed by atoms with Crippen LogP contribution in [0.4, 0.5) is 0 Å². The molecule has 2 amide bonds. The largest absolute Gasteiger partial charge is 0.480 e. The van der Waals surface area contributed by atoms with Gasteiger partial charge in [0, 0.05) is 18.5 Å². The van der Waals surface area contributed by atoms with Crippen molar-refractivity contribution in [3.05, 3.63) is 93.5 Å². The molecule has 0 aliphatic heterocycles. The van der Waals surface area contributed by atoms with Crippen molar-refractivity contribution in [1.29, 1.82) is 0 Å². The first kappa shape index (κ1) is 26.3. The molecule has 0 saturated carbocycles. The SMILES string of the molecule is CCCCNC(=O)c1ccccc1-c1ccc(C[C@H](NC(=O)c2c(Cl)cccc2Cl)C(=O)O)cc1. The second kappa shape index (κ2) is 12.4. The Kier molecular flexibility index (Phi) is 9.29. The molecule has 35 heavy (non-hydrogen) atoms. The third-order valence-corrected chi connectivity index (χ3v) is 6.12. The summed E-state index contributed by atoms with van der Waals surface area (Å²) in [6.45, 7) is 2.68. The average molecular weight is 513 g/mol. The Morgan fingerprint density at radius 1 is 0.886 bits per heavy atom. The molecular weight excluding hydrogens is 487 g/mol. The van der Waals surface area contributed by atoms with Crippen LogP contribution in [0.5, 0.6) is 0 Å². The number of hydrogen-bond donors (Lipinski definition) is 3. The molecule has 0 spiro atoms. The van der Waals surface area contributed by atoms with Crippen LogP contribution in [0.2, 0.25) is 10.0 Å². The van der Waals surface area contributed by atoms with E-state index >= 15 is 0 Å². The van der Waals surface area contributed by atoms with Crippen LogP contribution in [0.3, 0.4) is 0 Å². The summed E-state index contributed by atoms with van der Waals surface area (Å²) in [5.41, 5.74) is 2.92. The first-order chi connectivity index (χ1) is 16.8. The number of carboxylic acid groups (broad SMARTS) is 1. The predicted molar refractivity (Wildman–Crippen MR) is 138 cm³/mol. The highest BCUT2D eigenvalue weighted by Gasteiger charge is 2.24. The lowest BCUT2D eigenvalue weighted by Crippen LogP contribution is -2.42. The van der Waals surface area contributed by atoms with Crippen LogP contribution in [0.25, 0.3) is 11.1 Å². The third kappa shape index (κ3) is 6.84. The molecular formula is C27H26Cl2N2O4. The fourth-order valence-corrected chi connectivity index (χ4v) is 4.18. The molecule has 182 valence electrons. The van der Waals surface area contributed by atoms with Gasteiger partial charge in [-0.2, -0.15) is 0 Å². The fraction of sp³-hybridized carbons (Fsp3) is 0.222. The lowest BCUT2D eigenvalue weighted by atomic mass is 9.96. The van der Waals surface area contributed by atoms with Gasteiger partial charge in [-0.3, -0.25) is 9.59 Å². The number of aliphatic carboxylic acids is 1. The molecule has 8 heteroatoms. The first-order valence-electron chi connectivity index (χ1n) is 11.3. The number of benzene rings is 3. The molecule has 0 aliphatic carbocycles. The number of carbonyl (C=O) groups is 3. The number of carbonyl (C=O) groups excluding carboxylic acids is 2. The second-order valence-electron chi connectivity index (χ2n) is 8.02. The molecule has 0 bridgehead atoms. The van der Waals surface area contributed by atoms with Crippen molar-refractivity contribution in [3.8, 4) is 11.1 Å². The van der Waals surface area contributed by atoms with E-state index in [1.165, 1.54) is 12.1 Å². The zero-order valence-electron chi connectivity index (χ0n) is 19.2. The van der Waals surface area contributed by atoms with Gasteiger partial charge in [0.15, 0.2) is 0 Å². The van der Waals surface area contributed by atoms with Gasteiger partial charge in [-0.05, 0) is 41.3 Å². The maximum absolute atomic E-state index is 12.6. The van der Waals surface area contributed by atoms with Gasteiger partial charge in [0.2, 0.25) is 0 Å². The van der Waals surface area contributed by atoms with Crippen LogP contribution in [0, 0.1) is 0 Å². The standard InChI is InChI=1S/C27H26Cl2N2O4/c1-2-3-15-30-25(32)20-8-5-4-7-19(20)18-13-11-17(12-14-18)16-23(27(34)35)31-26(33)24-21(28)9-6-10-22(24)29/h4-14,23H,2-3,15-16H2,1H3,(H,30,32)(H,31,33)(H,34,35)/t23-/m0/s1. The topological polar surface area (TPSA) is 95.5 Å². The van der Waals surface area contributed by atoms with Gasteiger partial charge in [0.05, 0.1) is 15.6 Å². The Morgan fingerprint density at radius 2 is 1.54 bits per heavy atom. The summed E-state index contributed by atoms with van der Waals surface area (Å²) in [6, 6.07) is 18.0. The van der Waals surface area contributed by atoms with Gasteiger partial charge in [0.1, 0.15) is 6.04 Å².